The number of hydrogen-bond acceptors (Lipinski definition) is 9. The molecule has 1 saturated heterocycles. The Bertz CT molecular complexity index is 1510. The number of nitrogens with one attached hydrogen (secondary N) is 1. The maximum absolute atomic E-state index is 10.9. The lowest BCUT2D eigenvalue weighted by atomic mass is 9.76. The number of H-pyrrole nitrogens is 1. The van der Waals surface area contributed by atoms with Crippen molar-refractivity contribution in [2.24, 2.45) is 5.92 Å². The second-order valence-electron chi connectivity index (χ2n) is 12.2. The summed E-state index contributed by atoms with van der Waals surface area (Å²) in [5, 5.41) is 21.8. The van der Waals surface area contributed by atoms with Crippen molar-refractivity contribution in [3.05, 3.63) is 42.2 Å². The number of anilines is 1. The number of nitrogen functional groups attached to an aromatic ring is 1. The van der Waals surface area contributed by atoms with E-state index in [1.54, 1.807) is 4.57 Å². The van der Waals surface area contributed by atoms with Crippen LogP contribution in [0.15, 0.2) is 30.9 Å². The second kappa shape index (κ2) is 10.1. The van der Waals surface area contributed by atoms with Gasteiger partial charge >= 0.3 is 0 Å². The first-order chi connectivity index (χ1) is 19.4. The van der Waals surface area contributed by atoms with Gasteiger partial charge in [-0.3, -0.25) is 9.47 Å². The molecular weight excluding hydrogens is 508 g/mol. The number of rotatable bonds is 9. The summed E-state index contributed by atoms with van der Waals surface area (Å²) < 4.78 is 7.86. The van der Waals surface area contributed by atoms with E-state index in [0.29, 0.717) is 29.7 Å². The third-order valence-corrected chi connectivity index (χ3v) is 9.13. The van der Waals surface area contributed by atoms with Crippen LogP contribution in [0.25, 0.3) is 22.2 Å². The van der Waals surface area contributed by atoms with Crippen LogP contribution < -0.4 is 5.73 Å². The third kappa shape index (κ3) is 4.64. The van der Waals surface area contributed by atoms with Crippen molar-refractivity contribution in [1.82, 2.24) is 34.4 Å². The molecule has 2 saturated carbocycles. The number of fused-ring (bicyclic) bond motifs is 2. The summed E-state index contributed by atoms with van der Waals surface area (Å²) in [5.41, 5.74) is 10.5. The van der Waals surface area contributed by atoms with E-state index in [9.17, 15) is 10.2 Å². The predicted octanol–water partition coefficient (Wildman–Crippen LogP) is 2.90. The highest BCUT2D eigenvalue weighted by Gasteiger charge is 2.46. The Hall–Kier alpha value is -3.12. The summed E-state index contributed by atoms with van der Waals surface area (Å²) in [7, 11) is 0. The van der Waals surface area contributed by atoms with Gasteiger partial charge in [0.05, 0.1) is 17.4 Å². The van der Waals surface area contributed by atoms with Crippen molar-refractivity contribution < 1.29 is 14.9 Å². The summed E-state index contributed by atoms with van der Waals surface area (Å²) >= 11 is 0. The first-order valence-electron chi connectivity index (χ1n) is 14.5. The standard InChI is InChI=1S/C29H38N8O3/c1-15(2)36(12-22-25(38)26(39)29(40-22)37-14-33-24-27(30)31-13-32-28(24)37)19-9-16(10-19)3-8-23-34-20-7-6-18(17-4-5-17)11-21(20)35-23/h6-7,11,13-17,19,22,25-26,29,38-39H,3-5,8-10,12H2,1-2H3,(H,34,35)(H2,30,31,32)/t16?,19?,22-,25-,26-,29-/m1/s1. The molecule has 11 heteroatoms. The number of aryl methyl sites for hydroxylation is 1. The molecule has 1 aliphatic heterocycles. The molecule has 11 nitrogen and oxygen atoms in total. The normalized spacial score (nSPS) is 28.8. The zero-order chi connectivity index (χ0) is 27.5. The summed E-state index contributed by atoms with van der Waals surface area (Å²) in [6.07, 6.45) is 6.33. The number of aromatic amines is 1. The number of ether oxygens (including phenoxy) is 1. The van der Waals surface area contributed by atoms with Crippen LogP contribution in [0.2, 0.25) is 0 Å². The molecule has 0 amide bonds. The highest BCUT2D eigenvalue weighted by atomic mass is 16.6. The van der Waals surface area contributed by atoms with E-state index in [0.717, 1.165) is 48.5 Å². The number of hydrogen-bond donors (Lipinski definition) is 4. The molecule has 212 valence electrons. The van der Waals surface area contributed by atoms with Crippen LogP contribution in [0, 0.1) is 5.92 Å². The Labute approximate surface area is 232 Å². The summed E-state index contributed by atoms with van der Waals surface area (Å²) in [6.45, 7) is 4.90. The first-order valence-corrected chi connectivity index (χ1v) is 14.5. The molecule has 40 heavy (non-hydrogen) atoms. The van der Waals surface area contributed by atoms with Crippen LogP contribution >= 0.6 is 0 Å². The molecule has 0 radical (unpaired) electrons. The van der Waals surface area contributed by atoms with Gasteiger partial charge in [0.25, 0.3) is 0 Å². The Morgan fingerprint density at radius 1 is 1.15 bits per heavy atom. The lowest BCUT2D eigenvalue weighted by molar-refractivity contribution is -0.0620. The summed E-state index contributed by atoms with van der Waals surface area (Å²) in [4.78, 5) is 23.3. The molecule has 1 aromatic carbocycles. The number of aliphatic hydroxyl groups is 2. The minimum Gasteiger partial charge on any atom is -0.387 e. The molecule has 4 atom stereocenters. The van der Waals surface area contributed by atoms with E-state index in [-0.39, 0.29) is 11.9 Å². The molecule has 4 aromatic rings. The quantitative estimate of drug-likeness (QED) is 0.248. The maximum Gasteiger partial charge on any atom is 0.167 e. The Balaban J connectivity index is 0.959. The average molecular weight is 547 g/mol. The van der Waals surface area contributed by atoms with E-state index < -0.39 is 24.5 Å². The highest BCUT2D eigenvalue weighted by Crippen LogP contribution is 2.41. The molecule has 3 aliphatic rings. The van der Waals surface area contributed by atoms with Crippen molar-refractivity contribution in [1.29, 1.82) is 0 Å². The molecule has 0 bridgehead atoms. The van der Waals surface area contributed by atoms with Crippen LogP contribution in [-0.4, -0.2) is 81.5 Å². The molecule has 4 heterocycles. The summed E-state index contributed by atoms with van der Waals surface area (Å²) in [5.74, 6) is 2.73. The van der Waals surface area contributed by atoms with E-state index in [4.69, 9.17) is 15.5 Å². The molecule has 3 aromatic heterocycles. The third-order valence-electron chi connectivity index (χ3n) is 9.13. The smallest absolute Gasteiger partial charge is 0.167 e. The van der Waals surface area contributed by atoms with Crippen molar-refractivity contribution in [3.8, 4) is 0 Å². The molecule has 2 aliphatic carbocycles. The molecule has 0 unspecified atom stereocenters. The molecule has 0 spiro atoms. The maximum atomic E-state index is 10.9. The van der Waals surface area contributed by atoms with Crippen molar-refractivity contribution in [2.75, 3.05) is 12.3 Å². The van der Waals surface area contributed by atoms with Crippen molar-refractivity contribution >= 4 is 28.0 Å². The largest absolute Gasteiger partial charge is 0.387 e. The fraction of sp³-hybridized carbons (Fsp3) is 0.586. The monoisotopic (exact) mass is 546 g/mol. The van der Waals surface area contributed by atoms with Crippen LogP contribution in [-0.2, 0) is 11.2 Å². The number of benzene rings is 1. The lowest BCUT2D eigenvalue weighted by Crippen LogP contribution is -2.52. The van der Waals surface area contributed by atoms with Gasteiger partial charge in [0.15, 0.2) is 17.7 Å². The van der Waals surface area contributed by atoms with Crippen LogP contribution in [0.4, 0.5) is 5.82 Å². The van der Waals surface area contributed by atoms with Crippen molar-refractivity contribution in [2.45, 2.75) is 94.9 Å². The minimum absolute atomic E-state index is 0.266. The fourth-order valence-electron chi connectivity index (χ4n) is 6.57. The Morgan fingerprint density at radius 2 is 1.98 bits per heavy atom. The summed E-state index contributed by atoms with van der Waals surface area (Å²) in [6, 6.07) is 7.39. The molecular formula is C29H38N8O3. The van der Waals surface area contributed by atoms with Gasteiger partial charge in [0.1, 0.15) is 36.0 Å². The van der Waals surface area contributed by atoms with Gasteiger partial charge in [-0.1, -0.05) is 6.07 Å². The van der Waals surface area contributed by atoms with Crippen LogP contribution in [0.3, 0.4) is 0 Å². The fourth-order valence-corrected chi connectivity index (χ4v) is 6.57. The first kappa shape index (κ1) is 25.8. The minimum atomic E-state index is -1.11. The topological polar surface area (TPSA) is 151 Å². The SMILES string of the molecule is CC(C)N(C[C@H]1O[C@@H](n2cnc3c(N)ncnc32)[C@H](O)[C@@H]1O)C1CC(CCc2nc3cc(C4CC4)ccc3[nH]2)C1. The van der Waals surface area contributed by atoms with Gasteiger partial charge in [0, 0.05) is 25.0 Å². The number of aliphatic hydroxyl groups excluding tert-OH is 2. The zero-order valence-electron chi connectivity index (χ0n) is 23.0. The molecule has 3 fully saturated rings. The van der Waals surface area contributed by atoms with Gasteiger partial charge in [-0.2, -0.15) is 0 Å². The Kier molecular flexibility index (Phi) is 6.49. The molecule has 5 N–H and O–H groups in total. The van der Waals surface area contributed by atoms with E-state index in [1.807, 2.05) is 0 Å². The number of aromatic nitrogens is 6. The Morgan fingerprint density at radius 3 is 2.75 bits per heavy atom. The number of nitrogens with zero attached hydrogens (tertiary/aromatic N) is 6. The van der Waals surface area contributed by atoms with Gasteiger partial charge in [0.2, 0.25) is 0 Å². The van der Waals surface area contributed by atoms with Gasteiger partial charge in [-0.15, -0.1) is 0 Å². The molecule has 7 rings (SSSR count). The second-order valence-corrected chi connectivity index (χ2v) is 12.2. The average Bonchev–Trinajstić information content (AvgIpc) is 3.45. The zero-order valence-corrected chi connectivity index (χ0v) is 23.0. The van der Waals surface area contributed by atoms with Crippen LogP contribution in [0.5, 0.6) is 0 Å². The number of nitrogens with two attached hydrogens (primary N) is 1. The predicted molar refractivity (Wildman–Crippen MR) is 150 cm³/mol. The van der Waals surface area contributed by atoms with Gasteiger partial charge in [-0.25, -0.2) is 19.9 Å². The van der Waals surface area contributed by atoms with Crippen molar-refractivity contribution in [3.63, 3.8) is 0 Å². The number of imidazole rings is 2. The van der Waals surface area contributed by atoms with E-state index in [2.05, 4.69) is 56.9 Å². The van der Waals surface area contributed by atoms with Gasteiger partial charge in [-0.05, 0) is 75.5 Å². The highest BCUT2D eigenvalue weighted by molar-refractivity contribution is 5.81. The van der Waals surface area contributed by atoms with Crippen LogP contribution in [0.1, 0.15) is 69.5 Å². The van der Waals surface area contributed by atoms with Gasteiger partial charge < -0.3 is 25.7 Å². The van der Waals surface area contributed by atoms with E-state index >= 15 is 0 Å². The van der Waals surface area contributed by atoms with E-state index in [1.165, 1.54) is 31.1 Å². The lowest BCUT2D eigenvalue weighted by Gasteiger charge is -2.46.